The summed E-state index contributed by atoms with van der Waals surface area (Å²) in [5, 5.41) is 21.5. The van der Waals surface area contributed by atoms with Crippen molar-refractivity contribution in [2.45, 2.75) is 83.5 Å². The number of ketones is 1. The highest BCUT2D eigenvalue weighted by molar-refractivity contribution is 5.89. The van der Waals surface area contributed by atoms with E-state index < -0.39 is 17.1 Å². The van der Waals surface area contributed by atoms with Gasteiger partial charge in [-0.15, -0.1) is 0 Å². The van der Waals surface area contributed by atoms with Crippen LogP contribution in [0.25, 0.3) is 0 Å². The summed E-state index contributed by atoms with van der Waals surface area (Å²) < 4.78 is 5.72. The molecule has 1 saturated heterocycles. The summed E-state index contributed by atoms with van der Waals surface area (Å²) in [6, 6.07) is 0. The van der Waals surface area contributed by atoms with Crippen molar-refractivity contribution < 1.29 is 24.5 Å². The first-order valence-electron chi connectivity index (χ1n) is 10.8. The van der Waals surface area contributed by atoms with Crippen LogP contribution >= 0.6 is 0 Å². The number of carbonyl (C=O) groups is 2. The molecule has 2 N–H and O–H groups in total. The number of aliphatic hydroxyl groups is 2. The number of ether oxygens (including phenoxy) is 1. The summed E-state index contributed by atoms with van der Waals surface area (Å²) in [5.41, 5.74) is -1.79. The summed E-state index contributed by atoms with van der Waals surface area (Å²) in [6.45, 7) is 6.41. The normalized spacial score (nSPS) is 59.5. The van der Waals surface area contributed by atoms with Gasteiger partial charge in [0, 0.05) is 24.2 Å². The van der Waals surface area contributed by atoms with E-state index in [1.807, 2.05) is 6.92 Å². The van der Waals surface area contributed by atoms with Gasteiger partial charge < -0.3 is 14.9 Å². The van der Waals surface area contributed by atoms with Crippen molar-refractivity contribution >= 4 is 11.8 Å². The van der Waals surface area contributed by atoms with Crippen LogP contribution in [0.5, 0.6) is 0 Å². The van der Waals surface area contributed by atoms with E-state index in [1.54, 1.807) is 0 Å². The zero-order valence-corrected chi connectivity index (χ0v) is 16.6. The maximum Gasteiger partial charge on any atom is 0.309 e. The van der Waals surface area contributed by atoms with Gasteiger partial charge in [0.15, 0.2) is 5.78 Å². The van der Waals surface area contributed by atoms with Crippen molar-refractivity contribution in [2.75, 3.05) is 0 Å². The molecule has 1 heterocycles. The molecular formula is C22H32O5. The van der Waals surface area contributed by atoms with Gasteiger partial charge in [0.25, 0.3) is 0 Å². The fourth-order valence-corrected chi connectivity index (χ4v) is 8.46. The Morgan fingerprint density at radius 3 is 2.59 bits per heavy atom. The van der Waals surface area contributed by atoms with Crippen molar-refractivity contribution in [1.29, 1.82) is 0 Å². The molecule has 5 heteroatoms. The highest BCUT2D eigenvalue weighted by Gasteiger charge is 2.70. The van der Waals surface area contributed by atoms with E-state index in [-0.39, 0.29) is 47.4 Å². The average Bonchev–Trinajstić information content (AvgIpc) is 3.05. The van der Waals surface area contributed by atoms with E-state index in [9.17, 15) is 19.8 Å². The minimum Gasteiger partial charge on any atom is -0.462 e. The van der Waals surface area contributed by atoms with Crippen molar-refractivity contribution in [3.05, 3.63) is 0 Å². The number of Topliss-reactive ketones (excluding diaryl/α,β-unsaturated/α-hetero) is 1. The van der Waals surface area contributed by atoms with Gasteiger partial charge >= 0.3 is 5.97 Å². The van der Waals surface area contributed by atoms with Gasteiger partial charge in [-0.2, -0.15) is 0 Å². The summed E-state index contributed by atoms with van der Waals surface area (Å²) in [4.78, 5) is 25.3. The van der Waals surface area contributed by atoms with Gasteiger partial charge in [-0.05, 0) is 55.3 Å². The molecular weight excluding hydrogens is 344 g/mol. The fraction of sp³-hybridized carbons (Fsp3) is 0.909. The molecule has 5 fully saturated rings. The minimum absolute atomic E-state index is 0.00172. The lowest BCUT2D eigenvalue weighted by Crippen LogP contribution is -2.67. The Kier molecular flexibility index (Phi) is 3.59. The first-order valence-corrected chi connectivity index (χ1v) is 10.8. The summed E-state index contributed by atoms with van der Waals surface area (Å²) in [5.74, 6) is 0.999. The molecule has 0 bridgehead atoms. The van der Waals surface area contributed by atoms with Crippen LogP contribution in [0.4, 0.5) is 0 Å². The Balaban J connectivity index is 1.52. The Hall–Kier alpha value is -0.940. The topological polar surface area (TPSA) is 83.8 Å². The van der Waals surface area contributed by atoms with Crippen LogP contribution < -0.4 is 0 Å². The van der Waals surface area contributed by atoms with Crippen LogP contribution in [-0.2, 0) is 14.3 Å². The molecule has 0 amide bonds. The van der Waals surface area contributed by atoms with Gasteiger partial charge in [0.05, 0.1) is 12.0 Å². The van der Waals surface area contributed by atoms with E-state index >= 15 is 0 Å². The average molecular weight is 376 g/mol. The van der Waals surface area contributed by atoms with Crippen LogP contribution in [0, 0.1) is 40.4 Å². The lowest BCUT2D eigenvalue weighted by atomic mass is 9.42. The Bertz CT molecular complexity index is 705. The molecule has 4 aliphatic carbocycles. The summed E-state index contributed by atoms with van der Waals surface area (Å²) in [6.07, 6.45) is 4.27. The number of hydrogen-bond donors (Lipinski definition) is 2. The van der Waals surface area contributed by atoms with Gasteiger partial charge in [-0.1, -0.05) is 20.8 Å². The molecule has 0 radical (unpaired) electrons. The van der Waals surface area contributed by atoms with Crippen LogP contribution in [0.1, 0.15) is 65.7 Å². The lowest BCUT2D eigenvalue weighted by Gasteiger charge is -2.62. The van der Waals surface area contributed by atoms with E-state index in [4.69, 9.17) is 4.74 Å². The third kappa shape index (κ3) is 2.03. The third-order valence-electron chi connectivity index (χ3n) is 9.87. The molecule has 4 saturated carbocycles. The molecule has 150 valence electrons. The predicted octanol–water partition coefficient (Wildman–Crippen LogP) is 2.47. The molecule has 27 heavy (non-hydrogen) atoms. The fourth-order valence-electron chi connectivity index (χ4n) is 8.46. The predicted molar refractivity (Wildman–Crippen MR) is 97.5 cm³/mol. The molecule has 2 unspecified atom stereocenters. The van der Waals surface area contributed by atoms with Gasteiger partial charge in [-0.3, -0.25) is 9.59 Å². The van der Waals surface area contributed by atoms with Crippen LogP contribution in [0.15, 0.2) is 0 Å². The number of rotatable bonds is 0. The quantitative estimate of drug-likeness (QED) is 0.635. The Labute approximate surface area is 160 Å². The Morgan fingerprint density at radius 1 is 1.11 bits per heavy atom. The zero-order valence-electron chi connectivity index (χ0n) is 16.6. The smallest absolute Gasteiger partial charge is 0.309 e. The maximum atomic E-state index is 13.2. The number of hydrogen-bond acceptors (Lipinski definition) is 5. The van der Waals surface area contributed by atoms with Crippen molar-refractivity contribution in [3.63, 3.8) is 0 Å². The standard InChI is InChI=1S/C22H32O5/c1-11-18-16(27-19(11)25)9-15-13-8-17(24)22(26)10-12(23)4-7-21(22,3)14(13)5-6-20(15,18)2/h11-16,18,23,26H,4-10H2,1-3H3/t11-,12-,13+,14-,15-,16?,18?,20-,21+,22-/m0/s1. The minimum atomic E-state index is -1.38. The SMILES string of the molecule is C[C@@H]1C(=O)OC2C[C@H]3[C@@H]4CC(=O)[C@@]5(O)C[C@@H](O)CC[C@]5(C)[C@H]4CC[C@]3(C)C21. The highest BCUT2D eigenvalue weighted by Crippen LogP contribution is 2.69. The molecule has 0 aromatic carbocycles. The largest absolute Gasteiger partial charge is 0.462 e. The monoisotopic (exact) mass is 376 g/mol. The molecule has 5 aliphatic rings. The second-order valence-electron chi connectivity index (χ2n) is 10.7. The van der Waals surface area contributed by atoms with Crippen LogP contribution in [0.3, 0.4) is 0 Å². The van der Waals surface area contributed by atoms with Crippen molar-refractivity contribution in [3.8, 4) is 0 Å². The Morgan fingerprint density at radius 2 is 1.85 bits per heavy atom. The van der Waals surface area contributed by atoms with Gasteiger partial charge in [0.2, 0.25) is 0 Å². The van der Waals surface area contributed by atoms with Gasteiger partial charge in [-0.25, -0.2) is 0 Å². The first kappa shape index (κ1) is 18.1. The molecule has 5 rings (SSSR count). The number of aliphatic hydroxyl groups excluding tert-OH is 1. The van der Waals surface area contributed by atoms with E-state index in [0.29, 0.717) is 31.1 Å². The number of esters is 1. The van der Waals surface area contributed by atoms with Crippen molar-refractivity contribution in [2.24, 2.45) is 40.4 Å². The molecule has 5 nitrogen and oxygen atoms in total. The molecule has 0 spiro atoms. The zero-order chi connectivity index (χ0) is 19.4. The van der Waals surface area contributed by atoms with Crippen molar-refractivity contribution in [1.82, 2.24) is 0 Å². The molecule has 10 atom stereocenters. The number of fused-ring (bicyclic) bond motifs is 7. The molecule has 0 aromatic rings. The van der Waals surface area contributed by atoms with Crippen LogP contribution in [0.2, 0.25) is 0 Å². The summed E-state index contributed by atoms with van der Waals surface area (Å²) in [7, 11) is 0. The summed E-state index contributed by atoms with van der Waals surface area (Å²) >= 11 is 0. The third-order valence-corrected chi connectivity index (χ3v) is 9.87. The maximum absolute atomic E-state index is 13.2. The highest BCUT2D eigenvalue weighted by atomic mass is 16.6. The molecule has 1 aliphatic heterocycles. The second kappa shape index (κ2) is 5.35. The van der Waals surface area contributed by atoms with E-state index in [2.05, 4.69) is 13.8 Å². The van der Waals surface area contributed by atoms with Crippen LogP contribution in [-0.4, -0.2) is 39.8 Å². The number of carbonyl (C=O) groups excluding carboxylic acids is 2. The first-order chi connectivity index (χ1) is 12.6. The van der Waals surface area contributed by atoms with E-state index in [1.165, 1.54) is 0 Å². The van der Waals surface area contributed by atoms with E-state index in [0.717, 1.165) is 19.3 Å². The lowest BCUT2D eigenvalue weighted by molar-refractivity contribution is -0.213. The van der Waals surface area contributed by atoms with Gasteiger partial charge in [0.1, 0.15) is 11.7 Å². The molecule has 0 aromatic heterocycles. The second-order valence-corrected chi connectivity index (χ2v) is 10.7.